The monoisotopic (exact) mass is 295 g/mol. The molecule has 0 aliphatic carbocycles. The maximum absolute atomic E-state index is 6.08. The summed E-state index contributed by atoms with van der Waals surface area (Å²) in [6, 6.07) is 11.7. The van der Waals surface area contributed by atoms with Crippen LogP contribution in [0.25, 0.3) is 0 Å². The first-order valence-electron chi connectivity index (χ1n) is 5.92. The van der Waals surface area contributed by atoms with Crippen LogP contribution < -0.4 is 10.1 Å². The number of hydrogen-bond acceptors (Lipinski definition) is 2. The molecule has 0 radical (unpaired) electrons. The zero-order valence-corrected chi connectivity index (χ0v) is 12.3. The number of halogens is 2. The zero-order valence-electron chi connectivity index (χ0n) is 10.8. The van der Waals surface area contributed by atoms with Gasteiger partial charge in [-0.3, -0.25) is 0 Å². The van der Waals surface area contributed by atoms with Crippen LogP contribution in [0.4, 0.5) is 5.69 Å². The molecule has 0 amide bonds. The molecule has 2 aromatic carbocycles. The fourth-order valence-electron chi connectivity index (χ4n) is 1.73. The molecular weight excluding hydrogens is 281 g/mol. The number of hydrogen-bond donors (Lipinski definition) is 1. The van der Waals surface area contributed by atoms with Crippen molar-refractivity contribution in [2.75, 3.05) is 12.4 Å². The molecule has 0 aromatic heterocycles. The van der Waals surface area contributed by atoms with E-state index >= 15 is 0 Å². The highest BCUT2D eigenvalue weighted by atomic mass is 35.5. The Kier molecular flexibility index (Phi) is 4.56. The molecule has 0 fully saturated rings. The van der Waals surface area contributed by atoms with Gasteiger partial charge in [-0.05, 0) is 42.3 Å². The summed E-state index contributed by atoms with van der Waals surface area (Å²) in [7, 11) is 1.60. The molecule has 100 valence electrons. The van der Waals surface area contributed by atoms with Gasteiger partial charge in [0.15, 0.2) is 0 Å². The third-order valence-electron chi connectivity index (χ3n) is 2.88. The van der Waals surface area contributed by atoms with Gasteiger partial charge in [0.2, 0.25) is 0 Å². The average Bonchev–Trinajstić information content (AvgIpc) is 2.40. The lowest BCUT2D eigenvalue weighted by Gasteiger charge is -2.09. The van der Waals surface area contributed by atoms with Crippen LogP contribution in [0.15, 0.2) is 36.4 Å². The molecule has 0 aliphatic heterocycles. The molecule has 0 atom stereocenters. The predicted octanol–water partition coefficient (Wildman–Crippen LogP) is 4.92. The van der Waals surface area contributed by atoms with Crippen molar-refractivity contribution >= 4 is 28.9 Å². The summed E-state index contributed by atoms with van der Waals surface area (Å²) in [6.07, 6.45) is 0. The van der Waals surface area contributed by atoms with Gasteiger partial charge in [-0.1, -0.05) is 35.3 Å². The van der Waals surface area contributed by atoms with Gasteiger partial charge in [0.05, 0.1) is 12.1 Å². The smallest absolute Gasteiger partial charge is 0.137 e. The van der Waals surface area contributed by atoms with Crippen molar-refractivity contribution in [3.63, 3.8) is 0 Å². The summed E-state index contributed by atoms with van der Waals surface area (Å²) in [4.78, 5) is 0. The van der Waals surface area contributed by atoms with Crippen LogP contribution in [0.2, 0.25) is 10.0 Å². The summed E-state index contributed by atoms with van der Waals surface area (Å²) in [5.74, 6) is 0.684. The van der Waals surface area contributed by atoms with Crippen molar-refractivity contribution in [3.8, 4) is 5.75 Å². The zero-order chi connectivity index (χ0) is 13.8. The lowest BCUT2D eigenvalue weighted by atomic mass is 10.2. The fraction of sp³-hybridized carbons (Fsp3) is 0.200. The summed E-state index contributed by atoms with van der Waals surface area (Å²) in [5.41, 5.74) is 3.14. The predicted molar refractivity (Wildman–Crippen MR) is 81.5 cm³/mol. The van der Waals surface area contributed by atoms with E-state index in [1.165, 1.54) is 0 Å². The van der Waals surface area contributed by atoms with E-state index in [0.717, 1.165) is 21.8 Å². The van der Waals surface area contributed by atoms with Crippen molar-refractivity contribution in [3.05, 3.63) is 57.6 Å². The van der Waals surface area contributed by atoms with E-state index in [2.05, 4.69) is 5.32 Å². The van der Waals surface area contributed by atoms with Crippen LogP contribution in [0.3, 0.4) is 0 Å². The van der Waals surface area contributed by atoms with Gasteiger partial charge in [0.25, 0.3) is 0 Å². The van der Waals surface area contributed by atoms with Crippen LogP contribution in [0.5, 0.6) is 5.75 Å². The minimum Gasteiger partial charge on any atom is -0.495 e. The van der Waals surface area contributed by atoms with Crippen LogP contribution in [-0.4, -0.2) is 7.11 Å². The third-order valence-corrected chi connectivity index (χ3v) is 3.59. The largest absolute Gasteiger partial charge is 0.495 e. The second-order valence-corrected chi connectivity index (χ2v) is 5.10. The van der Waals surface area contributed by atoms with E-state index in [1.54, 1.807) is 7.11 Å². The Labute approximate surface area is 123 Å². The van der Waals surface area contributed by atoms with Gasteiger partial charge in [0, 0.05) is 17.3 Å². The normalized spacial score (nSPS) is 10.3. The van der Waals surface area contributed by atoms with Crippen molar-refractivity contribution < 1.29 is 4.74 Å². The molecule has 2 rings (SSSR count). The van der Waals surface area contributed by atoms with Gasteiger partial charge in [0.1, 0.15) is 5.75 Å². The Hall–Kier alpha value is -1.38. The number of benzene rings is 2. The molecule has 4 heteroatoms. The Morgan fingerprint density at radius 2 is 1.84 bits per heavy atom. The molecule has 1 N–H and O–H groups in total. The Balaban J connectivity index is 2.05. The number of methoxy groups -OCH3 is 1. The highest BCUT2D eigenvalue weighted by Gasteiger charge is 2.02. The van der Waals surface area contributed by atoms with Crippen LogP contribution in [-0.2, 0) is 6.54 Å². The highest BCUT2D eigenvalue weighted by molar-refractivity contribution is 6.32. The number of nitrogens with one attached hydrogen (secondary N) is 1. The maximum Gasteiger partial charge on any atom is 0.137 e. The lowest BCUT2D eigenvalue weighted by molar-refractivity contribution is 0.415. The second-order valence-electron chi connectivity index (χ2n) is 4.29. The van der Waals surface area contributed by atoms with Gasteiger partial charge >= 0.3 is 0 Å². The van der Waals surface area contributed by atoms with Gasteiger partial charge in [-0.2, -0.15) is 0 Å². The van der Waals surface area contributed by atoms with E-state index in [1.807, 2.05) is 43.3 Å². The van der Waals surface area contributed by atoms with Crippen LogP contribution >= 0.6 is 23.2 Å². The molecular formula is C15H15Cl2NO. The van der Waals surface area contributed by atoms with Crippen molar-refractivity contribution in [2.45, 2.75) is 13.5 Å². The topological polar surface area (TPSA) is 21.3 Å². The molecule has 2 aromatic rings. The number of ether oxygens (including phenoxy) is 1. The molecule has 0 spiro atoms. The number of aryl methyl sites for hydroxylation is 1. The minimum absolute atomic E-state index is 0.615. The second kappa shape index (κ2) is 6.18. The standard InChI is InChI=1S/C15H15Cl2NO/c1-10-3-5-12(8-13(10)16)18-9-11-4-6-15(19-2)14(17)7-11/h3-8,18H,9H2,1-2H3. The van der Waals surface area contributed by atoms with Crippen molar-refractivity contribution in [1.29, 1.82) is 0 Å². The molecule has 19 heavy (non-hydrogen) atoms. The van der Waals surface area contributed by atoms with Gasteiger partial charge in [-0.15, -0.1) is 0 Å². The molecule has 0 unspecified atom stereocenters. The number of rotatable bonds is 4. The summed E-state index contributed by atoms with van der Waals surface area (Å²) in [5, 5.41) is 4.69. The quantitative estimate of drug-likeness (QED) is 0.864. The fourth-order valence-corrected chi connectivity index (χ4v) is 2.19. The van der Waals surface area contributed by atoms with Crippen LogP contribution in [0.1, 0.15) is 11.1 Å². The Morgan fingerprint density at radius 1 is 1.05 bits per heavy atom. The van der Waals surface area contributed by atoms with E-state index in [-0.39, 0.29) is 0 Å². The maximum atomic E-state index is 6.08. The van der Waals surface area contributed by atoms with Crippen LogP contribution in [0, 0.1) is 6.92 Å². The first kappa shape index (κ1) is 14.0. The van der Waals surface area contributed by atoms with E-state index in [9.17, 15) is 0 Å². The third kappa shape index (κ3) is 3.55. The molecule has 0 aliphatic rings. The summed E-state index contributed by atoms with van der Waals surface area (Å²) in [6.45, 7) is 2.67. The minimum atomic E-state index is 0.615. The molecule has 0 bridgehead atoms. The first-order chi connectivity index (χ1) is 9.10. The SMILES string of the molecule is COc1ccc(CNc2ccc(C)c(Cl)c2)cc1Cl. The highest BCUT2D eigenvalue weighted by Crippen LogP contribution is 2.26. The molecule has 0 heterocycles. The summed E-state index contributed by atoms with van der Waals surface area (Å²) >= 11 is 12.2. The summed E-state index contributed by atoms with van der Waals surface area (Å²) < 4.78 is 5.12. The Bertz CT molecular complexity index is 584. The first-order valence-corrected chi connectivity index (χ1v) is 6.68. The van der Waals surface area contributed by atoms with E-state index in [4.69, 9.17) is 27.9 Å². The molecule has 0 saturated carbocycles. The van der Waals surface area contributed by atoms with Gasteiger partial charge < -0.3 is 10.1 Å². The van der Waals surface area contributed by atoms with Crippen molar-refractivity contribution in [1.82, 2.24) is 0 Å². The van der Waals surface area contributed by atoms with E-state index < -0.39 is 0 Å². The number of anilines is 1. The van der Waals surface area contributed by atoms with E-state index in [0.29, 0.717) is 17.3 Å². The molecule has 2 nitrogen and oxygen atoms in total. The lowest BCUT2D eigenvalue weighted by Crippen LogP contribution is -1.99. The Morgan fingerprint density at radius 3 is 2.47 bits per heavy atom. The van der Waals surface area contributed by atoms with Gasteiger partial charge in [-0.25, -0.2) is 0 Å². The average molecular weight is 296 g/mol. The van der Waals surface area contributed by atoms with Crippen molar-refractivity contribution in [2.24, 2.45) is 0 Å². The molecule has 0 saturated heterocycles.